The first-order chi connectivity index (χ1) is 11.1. The summed E-state index contributed by atoms with van der Waals surface area (Å²) >= 11 is 0. The fraction of sp³-hybridized carbons (Fsp3) is 0.556. The van der Waals surface area contributed by atoms with Crippen LogP contribution in [0.4, 0.5) is 0 Å². The van der Waals surface area contributed by atoms with Gasteiger partial charge in [-0.05, 0) is 31.7 Å². The highest BCUT2D eigenvalue weighted by molar-refractivity contribution is 5.80. The van der Waals surface area contributed by atoms with E-state index in [1.165, 1.54) is 5.56 Å². The van der Waals surface area contributed by atoms with Gasteiger partial charge in [0, 0.05) is 38.0 Å². The summed E-state index contributed by atoms with van der Waals surface area (Å²) in [6.45, 7) is 3.69. The van der Waals surface area contributed by atoms with Crippen molar-refractivity contribution in [2.24, 2.45) is 11.7 Å². The van der Waals surface area contributed by atoms with Crippen molar-refractivity contribution < 1.29 is 9.59 Å². The maximum absolute atomic E-state index is 12.3. The van der Waals surface area contributed by atoms with Crippen LogP contribution in [0.3, 0.4) is 0 Å². The van der Waals surface area contributed by atoms with E-state index < -0.39 is 0 Å². The maximum Gasteiger partial charge on any atom is 0.223 e. The number of amides is 2. The number of rotatable bonds is 6. The highest BCUT2D eigenvalue weighted by Gasteiger charge is 2.27. The van der Waals surface area contributed by atoms with E-state index in [1.54, 1.807) is 0 Å². The Morgan fingerprint density at radius 3 is 2.52 bits per heavy atom. The predicted molar refractivity (Wildman–Crippen MR) is 90.7 cm³/mol. The molecule has 5 nitrogen and oxygen atoms in total. The van der Waals surface area contributed by atoms with Gasteiger partial charge in [0.25, 0.3) is 0 Å². The molecule has 0 spiro atoms. The Bertz CT molecular complexity index is 510. The summed E-state index contributed by atoms with van der Waals surface area (Å²) < 4.78 is 0. The normalized spacial score (nSPS) is 16.9. The summed E-state index contributed by atoms with van der Waals surface area (Å²) in [4.78, 5) is 26.3. The summed E-state index contributed by atoms with van der Waals surface area (Å²) in [5.74, 6) is 0.254. The third-order valence-electron chi connectivity index (χ3n) is 4.43. The lowest BCUT2D eigenvalue weighted by Crippen LogP contribution is -2.46. The largest absolute Gasteiger partial charge is 0.352 e. The third-order valence-corrected chi connectivity index (χ3v) is 4.43. The zero-order valence-electron chi connectivity index (χ0n) is 13.8. The summed E-state index contributed by atoms with van der Waals surface area (Å²) in [5, 5.41) is 2.92. The molecule has 1 aromatic rings. The molecule has 2 rings (SSSR count). The predicted octanol–water partition coefficient (Wildman–Crippen LogP) is 1.32. The van der Waals surface area contributed by atoms with E-state index in [2.05, 4.69) is 5.32 Å². The molecule has 0 unspecified atom stereocenters. The Morgan fingerprint density at radius 2 is 1.91 bits per heavy atom. The highest BCUT2D eigenvalue weighted by Crippen LogP contribution is 2.18. The number of likely N-dealkylation sites (tertiary alicyclic amines) is 1. The van der Waals surface area contributed by atoms with Gasteiger partial charge in [0.15, 0.2) is 0 Å². The first-order valence-electron chi connectivity index (χ1n) is 8.42. The summed E-state index contributed by atoms with van der Waals surface area (Å²) in [5.41, 5.74) is 6.71. The van der Waals surface area contributed by atoms with Gasteiger partial charge in [-0.15, -0.1) is 0 Å². The van der Waals surface area contributed by atoms with E-state index in [0.29, 0.717) is 26.1 Å². The smallest absolute Gasteiger partial charge is 0.223 e. The molecule has 2 amide bonds. The lowest BCUT2D eigenvalue weighted by molar-refractivity contribution is -0.135. The minimum atomic E-state index is 0.00201. The Kier molecular flexibility index (Phi) is 6.59. The number of carbonyl (C=O) groups excluding carboxylic acids is 2. The van der Waals surface area contributed by atoms with E-state index in [4.69, 9.17) is 5.73 Å². The van der Waals surface area contributed by atoms with Crippen LogP contribution >= 0.6 is 0 Å². The first-order valence-corrected chi connectivity index (χ1v) is 8.42. The molecule has 0 aromatic heterocycles. The van der Waals surface area contributed by atoms with Gasteiger partial charge in [-0.1, -0.05) is 30.3 Å². The van der Waals surface area contributed by atoms with Gasteiger partial charge < -0.3 is 16.0 Å². The number of piperidine rings is 1. The Labute approximate surface area is 138 Å². The molecule has 3 N–H and O–H groups in total. The number of carbonyl (C=O) groups is 2. The van der Waals surface area contributed by atoms with Crippen molar-refractivity contribution in [1.82, 2.24) is 10.2 Å². The van der Waals surface area contributed by atoms with E-state index in [0.717, 1.165) is 19.3 Å². The van der Waals surface area contributed by atoms with Crippen LogP contribution in [0.1, 0.15) is 31.7 Å². The fourth-order valence-corrected chi connectivity index (χ4v) is 2.86. The highest BCUT2D eigenvalue weighted by atomic mass is 16.2. The molecule has 1 saturated heterocycles. The third kappa shape index (κ3) is 5.36. The van der Waals surface area contributed by atoms with Crippen LogP contribution < -0.4 is 11.1 Å². The standard InChI is InChI=1S/C18H27N3O2/c1-14(13-19)20-18(23)16-9-11-21(12-10-16)17(22)8-7-15-5-3-2-4-6-15/h2-6,14,16H,7-13,19H2,1H3,(H,20,23)/t14-/m0/s1. The fourth-order valence-electron chi connectivity index (χ4n) is 2.86. The van der Waals surface area contributed by atoms with Crippen LogP contribution in [0.5, 0.6) is 0 Å². The summed E-state index contributed by atoms with van der Waals surface area (Å²) in [6.07, 6.45) is 2.78. The number of benzene rings is 1. The van der Waals surface area contributed by atoms with Gasteiger partial charge in [-0.3, -0.25) is 9.59 Å². The van der Waals surface area contributed by atoms with Gasteiger partial charge in [0.05, 0.1) is 0 Å². The molecule has 0 saturated carbocycles. The molecule has 23 heavy (non-hydrogen) atoms. The minimum Gasteiger partial charge on any atom is -0.352 e. The van der Waals surface area contributed by atoms with Crippen molar-refractivity contribution in [2.45, 2.75) is 38.6 Å². The summed E-state index contributed by atoms with van der Waals surface area (Å²) in [7, 11) is 0. The first kappa shape index (κ1) is 17.5. The van der Waals surface area contributed by atoms with E-state index in [-0.39, 0.29) is 23.8 Å². The molecule has 5 heteroatoms. The van der Waals surface area contributed by atoms with Crippen molar-refractivity contribution in [2.75, 3.05) is 19.6 Å². The molecular formula is C18H27N3O2. The van der Waals surface area contributed by atoms with Crippen LogP contribution in [0.15, 0.2) is 30.3 Å². The maximum atomic E-state index is 12.3. The van der Waals surface area contributed by atoms with Gasteiger partial charge in [0.1, 0.15) is 0 Å². The zero-order chi connectivity index (χ0) is 16.7. The monoisotopic (exact) mass is 317 g/mol. The average molecular weight is 317 g/mol. The van der Waals surface area contributed by atoms with Crippen LogP contribution in [-0.4, -0.2) is 42.4 Å². The Hall–Kier alpha value is -1.88. The molecule has 126 valence electrons. The molecule has 0 bridgehead atoms. The number of aryl methyl sites for hydroxylation is 1. The number of nitrogens with two attached hydrogens (primary N) is 1. The van der Waals surface area contributed by atoms with Crippen LogP contribution in [0.2, 0.25) is 0 Å². The second-order valence-corrected chi connectivity index (χ2v) is 6.29. The van der Waals surface area contributed by atoms with Crippen LogP contribution in [-0.2, 0) is 16.0 Å². The quantitative estimate of drug-likeness (QED) is 0.831. The molecule has 1 heterocycles. The van der Waals surface area contributed by atoms with Gasteiger partial charge in [0.2, 0.25) is 11.8 Å². The average Bonchev–Trinajstić information content (AvgIpc) is 2.60. The SMILES string of the molecule is C[C@@H](CN)NC(=O)C1CCN(C(=O)CCc2ccccc2)CC1. The van der Waals surface area contributed by atoms with E-state index >= 15 is 0 Å². The zero-order valence-corrected chi connectivity index (χ0v) is 13.8. The van der Waals surface area contributed by atoms with Crippen molar-refractivity contribution in [3.63, 3.8) is 0 Å². The molecule has 1 aromatic carbocycles. The molecule has 1 aliphatic heterocycles. The Morgan fingerprint density at radius 1 is 1.26 bits per heavy atom. The molecule has 0 radical (unpaired) electrons. The molecule has 1 aliphatic rings. The number of nitrogens with zero attached hydrogens (tertiary/aromatic N) is 1. The second kappa shape index (κ2) is 8.67. The van der Waals surface area contributed by atoms with E-state index in [9.17, 15) is 9.59 Å². The lowest BCUT2D eigenvalue weighted by atomic mass is 9.95. The van der Waals surface area contributed by atoms with E-state index in [1.807, 2.05) is 42.2 Å². The van der Waals surface area contributed by atoms with Crippen molar-refractivity contribution in [1.29, 1.82) is 0 Å². The number of hydrogen-bond acceptors (Lipinski definition) is 3. The molecule has 1 atom stereocenters. The van der Waals surface area contributed by atoms with Crippen LogP contribution in [0.25, 0.3) is 0 Å². The lowest BCUT2D eigenvalue weighted by Gasteiger charge is -2.32. The molecule has 0 aliphatic carbocycles. The van der Waals surface area contributed by atoms with Gasteiger partial charge in [-0.25, -0.2) is 0 Å². The van der Waals surface area contributed by atoms with Crippen molar-refractivity contribution in [3.8, 4) is 0 Å². The number of hydrogen-bond donors (Lipinski definition) is 2. The molecule has 1 fully saturated rings. The van der Waals surface area contributed by atoms with Crippen molar-refractivity contribution >= 4 is 11.8 Å². The Balaban J connectivity index is 1.73. The minimum absolute atomic E-state index is 0.00201. The molecular weight excluding hydrogens is 290 g/mol. The second-order valence-electron chi connectivity index (χ2n) is 6.29. The number of nitrogens with one attached hydrogen (secondary N) is 1. The van der Waals surface area contributed by atoms with Gasteiger partial charge >= 0.3 is 0 Å². The topological polar surface area (TPSA) is 75.4 Å². The van der Waals surface area contributed by atoms with Crippen LogP contribution in [0, 0.1) is 5.92 Å². The van der Waals surface area contributed by atoms with Gasteiger partial charge in [-0.2, -0.15) is 0 Å². The summed E-state index contributed by atoms with van der Waals surface area (Å²) in [6, 6.07) is 10.1. The van der Waals surface area contributed by atoms with Crippen molar-refractivity contribution in [3.05, 3.63) is 35.9 Å².